The van der Waals surface area contributed by atoms with Gasteiger partial charge < -0.3 is 9.73 Å². The highest BCUT2D eigenvalue weighted by atomic mass is 16.4. The monoisotopic (exact) mass is 188 g/mol. The Morgan fingerprint density at radius 1 is 1.36 bits per heavy atom. The summed E-state index contributed by atoms with van der Waals surface area (Å²) >= 11 is 0. The Balaban J connectivity index is 1.82. The Bertz CT molecular complexity index is 412. The molecule has 1 aliphatic carbocycles. The average molecular weight is 188 g/mol. The minimum Gasteiger partial charge on any atom is -0.424 e. The van der Waals surface area contributed by atoms with Crippen LogP contribution in [0.2, 0.25) is 0 Å². The highest BCUT2D eigenvalue weighted by molar-refractivity contribution is 5.74. The van der Waals surface area contributed by atoms with Gasteiger partial charge in [0, 0.05) is 6.54 Å². The lowest BCUT2D eigenvalue weighted by Crippen LogP contribution is -2.02. The third kappa shape index (κ3) is 1.45. The van der Waals surface area contributed by atoms with Gasteiger partial charge in [0.15, 0.2) is 5.58 Å². The van der Waals surface area contributed by atoms with Crippen molar-refractivity contribution in [2.45, 2.75) is 12.8 Å². The fourth-order valence-corrected chi connectivity index (χ4v) is 1.50. The number of rotatable bonds is 3. The molecule has 0 spiro atoms. The van der Waals surface area contributed by atoms with Crippen molar-refractivity contribution in [3.05, 3.63) is 24.3 Å². The zero-order valence-electron chi connectivity index (χ0n) is 7.86. The summed E-state index contributed by atoms with van der Waals surface area (Å²) in [5, 5.41) is 3.22. The van der Waals surface area contributed by atoms with Gasteiger partial charge in [0.25, 0.3) is 6.01 Å². The molecule has 0 saturated heterocycles. The van der Waals surface area contributed by atoms with Gasteiger partial charge in [-0.15, -0.1) is 0 Å². The van der Waals surface area contributed by atoms with Crippen LogP contribution in [0.5, 0.6) is 0 Å². The first-order chi connectivity index (χ1) is 6.92. The van der Waals surface area contributed by atoms with Gasteiger partial charge in [0.1, 0.15) is 5.52 Å². The number of fused-ring (bicyclic) bond motifs is 1. The topological polar surface area (TPSA) is 38.1 Å². The third-order valence-corrected chi connectivity index (χ3v) is 2.53. The Labute approximate surface area is 82.1 Å². The molecule has 0 radical (unpaired) electrons. The van der Waals surface area contributed by atoms with E-state index in [0.29, 0.717) is 6.01 Å². The van der Waals surface area contributed by atoms with Crippen molar-refractivity contribution in [1.82, 2.24) is 4.98 Å². The first-order valence-corrected chi connectivity index (χ1v) is 5.01. The first-order valence-electron chi connectivity index (χ1n) is 5.01. The molecule has 0 aliphatic heterocycles. The largest absolute Gasteiger partial charge is 0.424 e. The van der Waals surface area contributed by atoms with Gasteiger partial charge in [0.05, 0.1) is 0 Å². The van der Waals surface area contributed by atoms with Crippen LogP contribution in [0, 0.1) is 5.92 Å². The second-order valence-corrected chi connectivity index (χ2v) is 3.81. The molecule has 3 heteroatoms. The highest BCUT2D eigenvalue weighted by Crippen LogP contribution is 2.29. The van der Waals surface area contributed by atoms with Crippen molar-refractivity contribution in [1.29, 1.82) is 0 Å². The molecule has 1 saturated carbocycles. The molecule has 1 aromatic heterocycles. The lowest BCUT2D eigenvalue weighted by atomic mass is 10.3. The summed E-state index contributed by atoms with van der Waals surface area (Å²) in [6.07, 6.45) is 2.68. The quantitative estimate of drug-likeness (QED) is 0.804. The molecule has 1 fully saturated rings. The number of hydrogen-bond donors (Lipinski definition) is 1. The van der Waals surface area contributed by atoms with E-state index < -0.39 is 0 Å². The summed E-state index contributed by atoms with van der Waals surface area (Å²) in [6, 6.07) is 8.47. The van der Waals surface area contributed by atoms with Crippen LogP contribution < -0.4 is 5.32 Å². The van der Waals surface area contributed by atoms with E-state index >= 15 is 0 Å². The van der Waals surface area contributed by atoms with Crippen molar-refractivity contribution in [2.24, 2.45) is 5.92 Å². The normalized spacial score (nSPS) is 16.0. The zero-order valence-corrected chi connectivity index (χ0v) is 7.86. The number of aromatic nitrogens is 1. The van der Waals surface area contributed by atoms with Crippen molar-refractivity contribution < 1.29 is 4.42 Å². The lowest BCUT2D eigenvalue weighted by molar-refractivity contribution is 0.611. The van der Waals surface area contributed by atoms with Gasteiger partial charge in [-0.2, -0.15) is 4.98 Å². The smallest absolute Gasteiger partial charge is 0.295 e. The molecule has 14 heavy (non-hydrogen) atoms. The molecule has 3 rings (SSSR count). The minimum absolute atomic E-state index is 0.651. The fraction of sp³-hybridized carbons (Fsp3) is 0.364. The van der Waals surface area contributed by atoms with Crippen molar-refractivity contribution in [3.8, 4) is 0 Å². The standard InChI is InChI=1S/C11H12N2O/c1-2-4-10-9(3-1)13-11(14-10)12-7-8-5-6-8/h1-4,8H,5-7H2,(H,12,13). The Morgan fingerprint density at radius 3 is 3.00 bits per heavy atom. The molecule has 3 nitrogen and oxygen atoms in total. The van der Waals surface area contributed by atoms with Crippen LogP contribution in [0.1, 0.15) is 12.8 Å². The van der Waals surface area contributed by atoms with Crippen molar-refractivity contribution in [3.63, 3.8) is 0 Å². The maximum atomic E-state index is 5.52. The third-order valence-electron chi connectivity index (χ3n) is 2.53. The molecular weight excluding hydrogens is 176 g/mol. The second kappa shape index (κ2) is 3.01. The van der Waals surface area contributed by atoms with E-state index in [-0.39, 0.29) is 0 Å². The van der Waals surface area contributed by atoms with Gasteiger partial charge in [-0.3, -0.25) is 0 Å². The number of nitrogens with zero attached hydrogens (tertiary/aromatic N) is 1. The number of nitrogens with one attached hydrogen (secondary N) is 1. The number of anilines is 1. The molecule has 1 N–H and O–H groups in total. The molecule has 0 atom stereocenters. The van der Waals surface area contributed by atoms with E-state index in [0.717, 1.165) is 23.6 Å². The molecular formula is C11H12N2O. The van der Waals surface area contributed by atoms with Crippen LogP contribution in [0.3, 0.4) is 0 Å². The molecule has 0 unspecified atom stereocenters. The maximum absolute atomic E-state index is 5.52. The van der Waals surface area contributed by atoms with Crippen molar-refractivity contribution >= 4 is 17.1 Å². The first kappa shape index (κ1) is 7.85. The van der Waals surface area contributed by atoms with E-state index in [1.165, 1.54) is 12.8 Å². The molecule has 0 amide bonds. The van der Waals surface area contributed by atoms with E-state index in [4.69, 9.17) is 4.42 Å². The summed E-state index contributed by atoms with van der Waals surface area (Å²) in [5.74, 6) is 0.838. The highest BCUT2D eigenvalue weighted by Gasteiger charge is 2.21. The van der Waals surface area contributed by atoms with Crippen LogP contribution in [0.25, 0.3) is 11.1 Å². The maximum Gasteiger partial charge on any atom is 0.295 e. The Morgan fingerprint density at radius 2 is 2.21 bits per heavy atom. The predicted molar refractivity (Wildman–Crippen MR) is 55.2 cm³/mol. The van der Waals surface area contributed by atoms with Gasteiger partial charge in [-0.1, -0.05) is 12.1 Å². The molecule has 1 aliphatic rings. The van der Waals surface area contributed by atoms with Crippen LogP contribution >= 0.6 is 0 Å². The van der Waals surface area contributed by atoms with Gasteiger partial charge in [0.2, 0.25) is 0 Å². The average Bonchev–Trinajstić information content (AvgIpc) is 2.94. The SMILES string of the molecule is c1ccc2oc(NCC3CC3)nc2c1. The number of hydrogen-bond acceptors (Lipinski definition) is 3. The van der Waals surface area contributed by atoms with E-state index in [1.54, 1.807) is 0 Å². The molecule has 2 aromatic rings. The van der Waals surface area contributed by atoms with Crippen LogP contribution in [-0.4, -0.2) is 11.5 Å². The fourth-order valence-electron chi connectivity index (χ4n) is 1.50. The molecule has 1 heterocycles. The molecule has 0 bridgehead atoms. The predicted octanol–water partition coefficient (Wildman–Crippen LogP) is 2.65. The Hall–Kier alpha value is -1.51. The zero-order chi connectivity index (χ0) is 9.38. The van der Waals surface area contributed by atoms with Crippen LogP contribution in [-0.2, 0) is 0 Å². The number of benzene rings is 1. The number of para-hydroxylation sites is 2. The summed E-state index contributed by atoms with van der Waals surface area (Å²) in [5.41, 5.74) is 1.77. The van der Waals surface area contributed by atoms with E-state index in [9.17, 15) is 0 Å². The summed E-state index contributed by atoms with van der Waals surface area (Å²) in [4.78, 5) is 4.33. The summed E-state index contributed by atoms with van der Waals surface area (Å²) in [6.45, 7) is 0.993. The van der Waals surface area contributed by atoms with Crippen molar-refractivity contribution in [2.75, 3.05) is 11.9 Å². The summed E-state index contributed by atoms with van der Waals surface area (Å²) in [7, 11) is 0. The Kier molecular flexibility index (Phi) is 1.69. The van der Waals surface area contributed by atoms with Gasteiger partial charge >= 0.3 is 0 Å². The summed E-state index contributed by atoms with van der Waals surface area (Å²) < 4.78 is 5.52. The van der Waals surface area contributed by atoms with Crippen LogP contribution in [0.4, 0.5) is 6.01 Å². The molecule has 72 valence electrons. The van der Waals surface area contributed by atoms with E-state index in [1.807, 2.05) is 24.3 Å². The molecule has 1 aromatic carbocycles. The lowest BCUT2D eigenvalue weighted by Gasteiger charge is -1.96. The number of oxazole rings is 1. The van der Waals surface area contributed by atoms with E-state index in [2.05, 4.69) is 10.3 Å². The minimum atomic E-state index is 0.651. The van der Waals surface area contributed by atoms with Gasteiger partial charge in [-0.05, 0) is 30.9 Å². The van der Waals surface area contributed by atoms with Crippen LogP contribution in [0.15, 0.2) is 28.7 Å². The van der Waals surface area contributed by atoms with Gasteiger partial charge in [-0.25, -0.2) is 0 Å². The second-order valence-electron chi connectivity index (χ2n) is 3.81.